The highest BCUT2D eigenvalue weighted by Gasteiger charge is 2.46. The molecule has 0 radical (unpaired) electrons. The van der Waals surface area contributed by atoms with Crippen LogP contribution in [0.15, 0.2) is 109 Å². The van der Waals surface area contributed by atoms with Crippen LogP contribution in [0.2, 0.25) is 0 Å². The van der Waals surface area contributed by atoms with Crippen LogP contribution in [0.25, 0.3) is 0 Å². The third-order valence-corrected chi connectivity index (χ3v) is 9.69. The summed E-state index contributed by atoms with van der Waals surface area (Å²) in [7, 11) is 0. The van der Waals surface area contributed by atoms with Crippen molar-refractivity contribution in [3.8, 4) is 11.5 Å². The molecule has 3 heteroatoms. The first kappa shape index (κ1) is 28.5. The van der Waals surface area contributed by atoms with Crippen LogP contribution in [0.3, 0.4) is 0 Å². The number of fused-ring (bicyclic) bond motifs is 4. The summed E-state index contributed by atoms with van der Waals surface area (Å²) in [5, 5.41) is 0. The van der Waals surface area contributed by atoms with Gasteiger partial charge in [-0.05, 0) is 92.5 Å². The quantitative estimate of drug-likeness (QED) is 0.195. The molecule has 0 amide bonds. The summed E-state index contributed by atoms with van der Waals surface area (Å²) in [6.45, 7) is 18.6. The van der Waals surface area contributed by atoms with Gasteiger partial charge < -0.3 is 9.64 Å². The van der Waals surface area contributed by atoms with Crippen molar-refractivity contribution in [2.45, 2.75) is 71.6 Å². The number of ether oxygens (including phenoxy) is 1. The molecule has 0 atom stereocenters. The second-order valence-corrected chi connectivity index (χ2v) is 15.1. The van der Waals surface area contributed by atoms with E-state index in [1.165, 1.54) is 44.3 Å². The molecule has 7 rings (SSSR count). The fraction of sp³-hybridized carbons (Fsp3) is 0.268. The number of hydrogen-bond acceptors (Lipinski definition) is 2. The molecule has 0 bridgehead atoms. The minimum atomic E-state index is -0.224. The van der Waals surface area contributed by atoms with E-state index in [0.29, 0.717) is 0 Å². The predicted molar refractivity (Wildman–Crippen MR) is 188 cm³/mol. The summed E-state index contributed by atoms with van der Waals surface area (Å²) < 4.78 is 6.87. The summed E-state index contributed by atoms with van der Waals surface area (Å²) in [5.41, 5.74) is 12.5. The van der Waals surface area contributed by atoms with Gasteiger partial charge in [-0.15, -0.1) is 0 Å². The number of nitrogens with zero attached hydrogens (tertiary/aromatic N) is 1. The highest BCUT2D eigenvalue weighted by molar-refractivity contribution is 6.98. The Morgan fingerprint density at radius 3 is 1.70 bits per heavy atom. The molecule has 0 aromatic heterocycles. The molecule has 0 spiro atoms. The van der Waals surface area contributed by atoms with E-state index < -0.39 is 0 Å². The van der Waals surface area contributed by atoms with E-state index >= 15 is 0 Å². The Balaban J connectivity index is 1.49. The third kappa shape index (κ3) is 4.56. The van der Waals surface area contributed by atoms with Gasteiger partial charge in [0.1, 0.15) is 11.5 Å². The summed E-state index contributed by atoms with van der Waals surface area (Å²) >= 11 is 0. The average Bonchev–Trinajstić information content (AvgIpc) is 2.99. The molecule has 2 nitrogen and oxygen atoms in total. The lowest BCUT2D eigenvalue weighted by Gasteiger charge is -2.43. The van der Waals surface area contributed by atoms with Crippen LogP contribution in [0, 0.1) is 0 Å². The number of rotatable bonds is 3. The van der Waals surface area contributed by atoms with Gasteiger partial charge in [0.15, 0.2) is 0 Å². The van der Waals surface area contributed by atoms with Crippen LogP contribution < -0.4 is 26.0 Å². The molecular weight excluding hydrogens is 533 g/mol. The minimum Gasteiger partial charge on any atom is -0.458 e. The maximum atomic E-state index is 6.87. The van der Waals surface area contributed by atoms with E-state index in [-0.39, 0.29) is 23.0 Å². The van der Waals surface area contributed by atoms with Gasteiger partial charge in [-0.25, -0.2) is 0 Å². The van der Waals surface area contributed by atoms with Crippen LogP contribution in [0.5, 0.6) is 11.5 Å². The standard InChI is InChI=1S/C41H42BNO/c1-39(2,3)27-19-21-35-36(24-27)44-37-25-28(40(4,5)6)23-33-38(37)42(35)34-22-20-31(26-32(34)41(33,7)8)43(29-15-11-9-12-16-29)30-17-13-10-14-18-30/h9-26H,1-8H3. The Morgan fingerprint density at radius 2 is 1.11 bits per heavy atom. The second kappa shape index (κ2) is 9.89. The van der Waals surface area contributed by atoms with Gasteiger partial charge in [0.2, 0.25) is 0 Å². The van der Waals surface area contributed by atoms with Gasteiger partial charge in [-0.2, -0.15) is 0 Å². The van der Waals surface area contributed by atoms with E-state index in [2.05, 4.69) is 169 Å². The normalized spacial score (nSPS) is 14.7. The van der Waals surface area contributed by atoms with Crippen LogP contribution in [-0.4, -0.2) is 6.71 Å². The SMILES string of the molecule is CC(C)(C)c1ccc2c(c1)Oc1cc(C(C)(C)C)cc3c1B2c1ccc(N(c2ccccc2)c2ccccc2)cc1C3(C)C. The summed E-state index contributed by atoms with van der Waals surface area (Å²) in [4.78, 5) is 2.37. The van der Waals surface area contributed by atoms with E-state index in [0.717, 1.165) is 22.9 Å². The third-order valence-electron chi connectivity index (χ3n) is 9.69. The molecular formula is C41H42BNO. The molecule has 0 aliphatic carbocycles. The molecule has 5 aromatic carbocycles. The predicted octanol–water partition coefficient (Wildman–Crippen LogP) is 9.01. The Morgan fingerprint density at radius 1 is 0.545 bits per heavy atom. The van der Waals surface area contributed by atoms with Gasteiger partial charge in [0.25, 0.3) is 6.71 Å². The fourth-order valence-electron chi connectivity index (χ4n) is 7.11. The van der Waals surface area contributed by atoms with Crippen molar-refractivity contribution in [1.29, 1.82) is 0 Å². The van der Waals surface area contributed by atoms with Crippen molar-refractivity contribution >= 4 is 40.2 Å². The number of benzene rings is 5. The van der Waals surface area contributed by atoms with E-state index in [1.54, 1.807) is 0 Å². The van der Waals surface area contributed by atoms with E-state index in [1.807, 2.05) is 0 Å². The van der Waals surface area contributed by atoms with E-state index in [9.17, 15) is 0 Å². The average molecular weight is 576 g/mol. The van der Waals surface area contributed by atoms with Crippen LogP contribution in [-0.2, 0) is 16.2 Å². The van der Waals surface area contributed by atoms with Gasteiger partial charge >= 0.3 is 0 Å². The molecule has 0 unspecified atom stereocenters. The molecule has 2 aliphatic heterocycles. The van der Waals surface area contributed by atoms with Crippen LogP contribution in [0.4, 0.5) is 17.1 Å². The van der Waals surface area contributed by atoms with Gasteiger partial charge in [-0.3, -0.25) is 0 Å². The molecule has 44 heavy (non-hydrogen) atoms. The van der Waals surface area contributed by atoms with Crippen LogP contribution >= 0.6 is 0 Å². The van der Waals surface area contributed by atoms with Crippen molar-refractivity contribution in [2.75, 3.05) is 4.90 Å². The first-order valence-electron chi connectivity index (χ1n) is 15.9. The molecule has 0 N–H and O–H groups in total. The zero-order valence-electron chi connectivity index (χ0n) is 27.3. The van der Waals surface area contributed by atoms with Gasteiger partial charge in [0.05, 0.1) is 0 Å². The van der Waals surface area contributed by atoms with Gasteiger partial charge in [0, 0.05) is 22.5 Å². The largest absolute Gasteiger partial charge is 0.458 e. The summed E-state index contributed by atoms with van der Waals surface area (Å²) in [5.74, 6) is 1.99. The van der Waals surface area contributed by atoms with Gasteiger partial charge in [-0.1, -0.05) is 122 Å². The molecule has 220 valence electrons. The lowest BCUT2D eigenvalue weighted by Crippen LogP contribution is -2.62. The van der Waals surface area contributed by atoms with Crippen LogP contribution in [0.1, 0.15) is 77.6 Å². The Labute approximate surface area is 263 Å². The van der Waals surface area contributed by atoms with Crippen molar-refractivity contribution in [2.24, 2.45) is 0 Å². The molecule has 0 saturated carbocycles. The highest BCUT2D eigenvalue weighted by atomic mass is 16.5. The van der Waals surface area contributed by atoms with Crippen molar-refractivity contribution < 1.29 is 4.74 Å². The van der Waals surface area contributed by atoms with Crippen molar-refractivity contribution in [3.63, 3.8) is 0 Å². The maximum absolute atomic E-state index is 6.87. The smallest absolute Gasteiger partial charge is 0.251 e. The zero-order valence-corrected chi connectivity index (χ0v) is 27.3. The lowest BCUT2D eigenvalue weighted by molar-refractivity contribution is 0.476. The zero-order chi connectivity index (χ0) is 31.0. The topological polar surface area (TPSA) is 12.5 Å². The minimum absolute atomic E-state index is 0.00640. The molecule has 0 saturated heterocycles. The number of hydrogen-bond donors (Lipinski definition) is 0. The first-order valence-corrected chi connectivity index (χ1v) is 15.9. The Hall–Kier alpha value is -4.24. The second-order valence-electron chi connectivity index (χ2n) is 15.1. The number of para-hydroxylation sites is 2. The van der Waals surface area contributed by atoms with Crippen molar-refractivity contribution in [1.82, 2.24) is 0 Å². The highest BCUT2D eigenvalue weighted by Crippen LogP contribution is 2.44. The maximum Gasteiger partial charge on any atom is 0.251 e. The summed E-state index contributed by atoms with van der Waals surface area (Å²) in [6, 6.07) is 40.2. The number of anilines is 3. The Bertz CT molecular complexity index is 1840. The molecule has 2 aliphatic rings. The summed E-state index contributed by atoms with van der Waals surface area (Å²) in [6.07, 6.45) is 0. The molecule has 0 fully saturated rings. The lowest BCUT2D eigenvalue weighted by atomic mass is 9.30. The van der Waals surface area contributed by atoms with Crippen molar-refractivity contribution in [3.05, 3.63) is 131 Å². The molecule has 5 aromatic rings. The first-order chi connectivity index (χ1) is 20.8. The molecule has 2 heterocycles. The fourth-order valence-corrected chi connectivity index (χ4v) is 7.11. The monoisotopic (exact) mass is 575 g/mol. The van der Waals surface area contributed by atoms with E-state index in [4.69, 9.17) is 4.74 Å². The Kier molecular flexibility index (Phi) is 6.41.